The van der Waals surface area contributed by atoms with Crippen LogP contribution in [0.25, 0.3) is 20.9 Å². The summed E-state index contributed by atoms with van der Waals surface area (Å²) in [5.74, 6) is 0. The Labute approximate surface area is 122 Å². The number of hydrogen-bond donors (Lipinski definition) is 2. The van der Waals surface area contributed by atoms with Gasteiger partial charge >= 0.3 is 5.69 Å². The molecule has 1 aromatic heterocycles. The summed E-state index contributed by atoms with van der Waals surface area (Å²) >= 11 is 0. The monoisotopic (exact) mass is 308 g/mol. The number of aromatic amines is 1. The molecule has 2 rings (SSSR count). The van der Waals surface area contributed by atoms with E-state index in [0.717, 1.165) is 4.57 Å². The molecular formula is C10H12N8O4. The first-order valence-electron chi connectivity index (χ1n) is 6.22. The van der Waals surface area contributed by atoms with Gasteiger partial charge in [0.25, 0.3) is 5.56 Å². The van der Waals surface area contributed by atoms with Crippen molar-refractivity contribution < 1.29 is 9.84 Å². The minimum atomic E-state index is -1.56. The van der Waals surface area contributed by atoms with E-state index in [-0.39, 0.29) is 6.42 Å². The van der Waals surface area contributed by atoms with E-state index in [1.807, 2.05) is 0 Å². The van der Waals surface area contributed by atoms with Crippen molar-refractivity contribution in [2.24, 2.45) is 10.2 Å². The zero-order valence-electron chi connectivity index (χ0n) is 11.4. The van der Waals surface area contributed by atoms with Crippen LogP contribution in [0.15, 0.2) is 26.0 Å². The van der Waals surface area contributed by atoms with Crippen molar-refractivity contribution >= 4 is 0 Å². The highest BCUT2D eigenvalue weighted by molar-refractivity contribution is 5.02. The molecule has 116 valence electrons. The maximum atomic E-state index is 11.8. The van der Waals surface area contributed by atoms with Crippen LogP contribution in [0.2, 0.25) is 0 Å². The molecule has 12 nitrogen and oxygen atoms in total. The molecule has 1 aromatic rings. The molecule has 2 unspecified atom stereocenters. The fourth-order valence-corrected chi connectivity index (χ4v) is 2.21. The number of nitrogens with zero attached hydrogens (tertiary/aromatic N) is 7. The van der Waals surface area contributed by atoms with Crippen LogP contribution in [0.3, 0.4) is 0 Å². The zero-order chi connectivity index (χ0) is 16.3. The number of hydrogen-bond acceptors (Lipinski definition) is 6. The van der Waals surface area contributed by atoms with Crippen molar-refractivity contribution in [3.05, 3.63) is 53.5 Å². The maximum absolute atomic E-state index is 11.8. The minimum Gasteiger partial charge on any atom is -0.384 e. The van der Waals surface area contributed by atoms with Gasteiger partial charge < -0.3 is 9.84 Å². The Morgan fingerprint density at radius 1 is 1.50 bits per heavy atom. The van der Waals surface area contributed by atoms with Crippen LogP contribution in [0.4, 0.5) is 0 Å². The second kappa shape index (κ2) is 6.33. The van der Waals surface area contributed by atoms with Gasteiger partial charge in [-0.1, -0.05) is 10.2 Å². The fraction of sp³-hybridized carbons (Fsp3) is 0.600. The Hall–Kier alpha value is -2.78. The molecule has 1 saturated heterocycles. The molecule has 22 heavy (non-hydrogen) atoms. The molecule has 0 saturated carbocycles. The Balaban J connectivity index is 2.37. The quantitative estimate of drug-likeness (QED) is 0.465. The van der Waals surface area contributed by atoms with E-state index in [2.05, 4.69) is 25.0 Å². The van der Waals surface area contributed by atoms with Gasteiger partial charge in [-0.05, 0) is 18.0 Å². The summed E-state index contributed by atoms with van der Waals surface area (Å²) in [6.07, 6.45) is -2.13. The molecule has 2 N–H and O–H groups in total. The van der Waals surface area contributed by atoms with Gasteiger partial charge in [-0.15, -0.1) is 0 Å². The first-order chi connectivity index (χ1) is 10.5. The Kier molecular flexibility index (Phi) is 4.49. The van der Waals surface area contributed by atoms with E-state index in [9.17, 15) is 14.7 Å². The lowest BCUT2D eigenvalue weighted by molar-refractivity contribution is -0.0611. The number of aromatic nitrogens is 2. The molecule has 0 spiro atoms. The van der Waals surface area contributed by atoms with E-state index < -0.39 is 35.9 Å². The summed E-state index contributed by atoms with van der Waals surface area (Å²) in [5, 5.41) is 16.3. The molecule has 1 aliphatic heterocycles. The summed E-state index contributed by atoms with van der Waals surface area (Å²) in [7, 11) is 0. The number of aliphatic hydroxyl groups is 1. The standard InChI is InChI=1S/C10H12N8O4/c1-4-3-18(10(21)13-8(4)19)6-2-5(14-16-11)7(22-6)9(20)15-17-12/h3,5-7,9,20H,2H2,1H3,(H,13,19,21)/t5?,6-,7+,9?/m1/s1. The van der Waals surface area contributed by atoms with Crippen molar-refractivity contribution in [3.63, 3.8) is 0 Å². The number of aliphatic hydroxyl groups excluding tert-OH is 1. The molecular weight excluding hydrogens is 296 g/mol. The average molecular weight is 308 g/mol. The van der Waals surface area contributed by atoms with Gasteiger partial charge in [0.1, 0.15) is 12.3 Å². The summed E-state index contributed by atoms with van der Waals surface area (Å²) < 4.78 is 6.59. The van der Waals surface area contributed by atoms with Crippen LogP contribution in [0, 0.1) is 6.92 Å². The van der Waals surface area contributed by atoms with E-state index in [0.29, 0.717) is 5.56 Å². The number of ether oxygens (including phenoxy) is 1. The highest BCUT2D eigenvalue weighted by atomic mass is 16.5. The van der Waals surface area contributed by atoms with Crippen LogP contribution in [0.5, 0.6) is 0 Å². The van der Waals surface area contributed by atoms with Crippen LogP contribution >= 0.6 is 0 Å². The highest BCUT2D eigenvalue weighted by Crippen LogP contribution is 2.32. The Bertz CT molecular complexity index is 772. The molecule has 0 bridgehead atoms. The first kappa shape index (κ1) is 15.6. The molecule has 4 atom stereocenters. The van der Waals surface area contributed by atoms with Crippen LogP contribution < -0.4 is 11.2 Å². The van der Waals surface area contributed by atoms with Crippen molar-refractivity contribution in [3.8, 4) is 0 Å². The largest absolute Gasteiger partial charge is 0.384 e. The molecule has 1 fully saturated rings. The van der Waals surface area contributed by atoms with E-state index in [1.165, 1.54) is 13.1 Å². The normalized spacial score (nSPS) is 25.1. The number of nitrogens with one attached hydrogen (secondary N) is 1. The minimum absolute atomic E-state index is 0.0815. The highest BCUT2D eigenvalue weighted by Gasteiger charge is 2.40. The SMILES string of the molecule is Cc1cn([C@H]2CC(N=[N+]=[N-])[C@@H](C(O)N=[N+]=[N-])O2)c(=O)[nH]c1=O. The van der Waals surface area contributed by atoms with E-state index in [4.69, 9.17) is 15.8 Å². The predicted octanol–water partition coefficient (Wildman–Crippen LogP) is 0.440. The van der Waals surface area contributed by atoms with Gasteiger partial charge in [0, 0.05) is 28.0 Å². The number of H-pyrrole nitrogens is 1. The lowest BCUT2D eigenvalue weighted by Crippen LogP contribution is -2.34. The lowest BCUT2D eigenvalue weighted by atomic mass is 10.1. The van der Waals surface area contributed by atoms with Gasteiger partial charge in [0.05, 0.1) is 6.04 Å². The average Bonchev–Trinajstić information content (AvgIpc) is 2.87. The number of rotatable bonds is 4. The van der Waals surface area contributed by atoms with Gasteiger partial charge in [-0.25, -0.2) is 4.79 Å². The lowest BCUT2D eigenvalue weighted by Gasteiger charge is -2.18. The molecule has 0 aromatic carbocycles. The number of azide groups is 2. The fourth-order valence-electron chi connectivity index (χ4n) is 2.21. The summed E-state index contributed by atoms with van der Waals surface area (Å²) in [5.41, 5.74) is 16.0. The maximum Gasteiger partial charge on any atom is 0.330 e. The molecule has 0 aliphatic carbocycles. The predicted molar refractivity (Wildman–Crippen MR) is 72.7 cm³/mol. The molecule has 12 heteroatoms. The van der Waals surface area contributed by atoms with Crippen molar-refractivity contribution in [2.75, 3.05) is 0 Å². The third-order valence-corrected chi connectivity index (χ3v) is 3.26. The van der Waals surface area contributed by atoms with Gasteiger partial charge in [0.15, 0.2) is 6.23 Å². The zero-order valence-corrected chi connectivity index (χ0v) is 11.4. The molecule has 2 heterocycles. The number of aryl methyl sites for hydroxylation is 1. The first-order valence-corrected chi connectivity index (χ1v) is 6.22. The van der Waals surface area contributed by atoms with Crippen molar-refractivity contribution in [1.82, 2.24) is 9.55 Å². The van der Waals surface area contributed by atoms with E-state index >= 15 is 0 Å². The topological polar surface area (TPSA) is 182 Å². The van der Waals surface area contributed by atoms with Crippen LogP contribution in [-0.4, -0.2) is 33.0 Å². The third kappa shape index (κ3) is 2.95. The summed E-state index contributed by atoms with van der Waals surface area (Å²) in [6, 6.07) is -0.824. The summed E-state index contributed by atoms with van der Waals surface area (Å²) in [6.45, 7) is 1.51. The Morgan fingerprint density at radius 3 is 2.86 bits per heavy atom. The second-order valence-electron chi connectivity index (χ2n) is 4.66. The molecule has 1 aliphatic rings. The Morgan fingerprint density at radius 2 is 2.23 bits per heavy atom. The van der Waals surface area contributed by atoms with Crippen LogP contribution in [-0.2, 0) is 4.74 Å². The summed E-state index contributed by atoms with van der Waals surface area (Å²) in [4.78, 5) is 30.4. The van der Waals surface area contributed by atoms with Crippen molar-refractivity contribution in [2.45, 2.75) is 37.9 Å². The molecule has 0 radical (unpaired) electrons. The third-order valence-electron chi connectivity index (χ3n) is 3.26. The second-order valence-corrected chi connectivity index (χ2v) is 4.66. The van der Waals surface area contributed by atoms with Crippen molar-refractivity contribution in [1.29, 1.82) is 0 Å². The smallest absolute Gasteiger partial charge is 0.330 e. The molecule has 0 amide bonds. The van der Waals surface area contributed by atoms with E-state index in [1.54, 1.807) is 0 Å². The van der Waals surface area contributed by atoms with Crippen LogP contribution in [0.1, 0.15) is 18.2 Å². The van der Waals surface area contributed by atoms with Gasteiger partial charge in [-0.3, -0.25) is 14.3 Å². The van der Waals surface area contributed by atoms with Gasteiger partial charge in [-0.2, -0.15) is 0 Å². The van der Waals surface area contributed by atoms with Gasteiger partial charge in [0.2, 0.25) is 0 Å².